The van der Waals surface area contributed by atoms with Gasteiger partial charge in [-0.2, -0.15) is 0 Å². The number of nitrogens with zero attached hydrogens (tertiary/aromatic N) is 1. The summed E-state index contributed by atoms with van der Waals surface area (Å²) >= 11 is 0. The fourth-order valence-electron chi connectivity index (χ4n) is 2.16. The zero-order chi connectivity index (χ0) is 10.7. The van der Waals surface area contributed by atoms with E-state index in [9.17, 15) is 0 Å². The summed E-state index contributed by atoms with van der Waals surface area (Å²) in [6, 6.07) is 8.85. The van der Waals surface area contributed by atoms with Crippen LogP contribution in [0.4, 0.5) is 0 Å². The minimum absolute atomic E-state index is 0.134. The molecular formula is C12H18NOP. The van der Waals surface area contributed by atoms with Crippen molar-refractivity contribution in [3.8, 4) is 0 Å². The lowest BCUT2D eigenvalue weighted by Gasteiger charge is -2.32. The van der Waals surface area contributed by atoms with E-state index in [1.807, 2.05) is 12.1 Å². The maximum Gasteiger partial charge on any atom is 0.0681 e. The van der Waals surface area contributed by atoms with Gasteiger partial charge in [-0.1, -0.05) is 40.1 Å². The molecule has 0 radical (unpaired) electrons. The van der Waals surface area contributed by atoms with Crippen molar-refractivity contribution in [2.75, 3.05) is 6.54 Å². The van der Waals surface area contributed by atoms with Crippen molar-refractivity contribution in [1.82, 2.24) is 4.67 Å². The van der Waals surface area contributed by atoms with Gasteiger partial charge in [0.1, 0.15) is 0 Å². The van der Waals surface area contributed by atoms with Crippen LogP contribution < -0.4 is 0 Å². The Morgan fingerprint density at radius 3 is 2.60 bits per heavy atom. The van der Waals surface area contributed by atoms with E-state index in [0.29, 0.717) is 6.04 Å². The first-order chi connectivity index (χ1) is 7.31. The molecule has 0 saturated carbocycles. The minimum atomic E-state index is 0.134. The molecule has 15 heavy (non-hydrogen) atoms. The SMILES string of the molecule is OCc1ccc(C2CCCCN2P)cc1. The smallest absolute Gasteiger partial charge is 0.0681 e. The number of rotatable bonds is 2. The van der Waals surface area contributed by atoms with Crippen molar-refractivity contribution < 1.29 is 5.11 Å². The molecule has 0 aliphatic carbocycles. The van der Waals surface area contributed by atoms with E-state index in [2.05, 4.69) is 26.2 Å². The molecule has 1 aromatic rings. The molecule has 0 amide bonds. The molecule has 1 aliphatic rings. The lowest BCUT2D eigenvalue weighted by molar-refractivity contribution is 0.275. The van der Waals surface area contributed by atoms with Gasteiger partial charge in [-0.15, -0.1) is 0 Å². The topological polar surface area (TPSA) is 23.5 Å². The van der Waals surface area contributed by atoms with Gasteiger partial charge in [0.05, 0.1) is 6.61 Å². The molecule has 3 heteroatoms. The molecule has 1 heterocycles. The zero-order valence-electron chi connectivity index (χ0n) is 8.89. The highest BCUT2D eigenvalue weighted by molar-refractivity contribution is 7.13. The lowest BCUT2D eigenvalue weighted by atomic mass is 9.97. The minimum Gasteiger partial charge on any atom is -0.392 e. The van der Waals surface area contributed by atoms with E-state index in [1.54, 1.807) is 0 Å². The molecule has 82 valence electrons. The molecular weight excluding hydrogens is 205 g/mol. The number of hydrogen-bond acceptors (Lipinski definition) is 2. The predicted molar refractivity (Wildman–Crippen MR) is 65.4 cm³/mol. The molecule has 2 unspecified atom stereocenters. The van der Waals surface area contributed by atoms with E-state index in [-0.39, 0.29) is 6.61 Å². The highest BCUT2D eigenvalue weighted by Gasteiger charge is 2.20. The van der Waals surface area contributed by atoms with Crippen LogP contribution in [0.1, 0.15) is 36.4 Å². The number of aliphatic hydroxyl groups excluding tert-OH is 1. The molecule has 0 spiro atoms. The van der Waals surface area contributed by atoms with Gasteiger partial charge in [0, 0.05) is 12.6 Å². The predicted octanol–water partition coefficient (Wildman–Crippen LogP) is 2.50. The summed E-state index contributed by atoms with van der Waals surface area (Å²) in [6.45, 7) is 1.30. The van der Waals surface area contributed by atoms with E-state index in [4.69, 9.17) is 5.11 Å². The van der Waals surface area contributed by atoms with Crippen LogP contribution in [0.15, 0.2) is 24.3 Å². The first-order valence-corrected chi connectivity index (χ1v) is 6.04. The highest BCUT2D eigenvalue weighted by atomic mass is 31.0. The molecule has 1 N–H and O–H groups in total. The van der Waals surface area contributed by atoms with Crippen LogP contribution in [0.3, 0.4) is 0 Å². The average molecular weight is 223 g/mol. The van der Waals surface area contributed by atoms with Gasteiger partial charge in [-0.05, 0) is 24.0 Å². The van der Waals surface area contributed by atoms with E-state index >= 15 is 0 Å². The molecule has 2 atom stereocenters. The second-order valence-corrected chi connectivity index (χ2v) is 4.81. The summed E-state index contributed by atoms with van der Waals surface area (Å²) in [5.74, 6) is 0. The van der Waals surface area contributed by atoms with Gasteiger partial charge in [0.25, 0.3) is 0 Å². The molecule has 0 bridgehead atoms. The van der Waals surface area contributed by atoms with Gasteiger partial charge < -0.3 is 5.11 Å². The maximum atomic E-state index is 8.98. The third-order valence-electron chi connectivity index (χ3n) is 3.09. The summed E-state index contributed by atoms with van der Waals surface area (Å²) < 4.78 is 2.34. The number of aliphatic hydroxyl groups is 1. The monoisotopic (exact) mass is 223 g/mol. The van der Waals surface area contributed by atoms with Crippen molar-refractivity contribution in [3.05, 3.63) is 35.4 Å². The maximum absolute atomic E-state index is 8.98. The first kappa shape index (κ1) is 11.1. The van der Waals surface area contributed by atoms with E-state index in [1.165, 1.54) is 24.8 Å². The standard InChI is InChI=1S/C12H18NOP/c14-9-10-4-6-11(7-5-10)12-3-1-2-8-13(12)15/h4-7,12,14H,1-3,8-9,15H2. The Balaban J connectivity index is 2.13. The Labute approximate surface area is 93.6 Å². The molecule has 0 aromatic heterocycles. The van der Waals surface area contributed by atoms with Crippen molar-refractivity contribution in [2.24, 2.45) is 0 Å². The Kier molecular flexibility index (Phi) is 3.74. The average Bonchev–Trinajstić information content (AvgIpc) is 2.30. The van der Waals surface area contributed by atoms with Crippen LogP contribution in [0, 0.1) is 0 Å². The van der Waals surface area contributed by atoms with E-state index < -0.39 is 0 Å². The Morgan fingerprint density at radius 1 is 1.27 bits per heavy atom. The molecule has 2 rings (SSSR count). The van der Waals surface area contributed by atoms with Crippen LogP contribution in [0.2, 0.25) is 0 Å². The summed E-state index contributed by atoms with van der Waals surface area (Å²) in [6.07, 6.45) is 3.86. The van der Waals surface area contributed by atoms with Gasteiger partial charge in [0.2, 0.25) is 0 Å². The molecule has 1 aliphatic heterocycles. The van der Waals surface area contributed by atoms with Crippen LogP contribution in [0.5, 0.6) is 0 Å². The summed E-state index contributed by atoms with van der Waals surface area (Å²) in [7, 11) is 2.83. The van der Waals surface area contributed by atoms with Gasteiger partial charge in [-0.3, -0.25) is 4.67 Å². The summed E-state index contributed by atoms with van der Waals surface area (Å²) in [4.78, 5) is 0. The van der Waals surface area contributed by atoms with Crippen molar-refractivity contribution in [3.63, 3.8) is 0 Å². The van der Waals surface area contributed by atoms with E-state index in [0.717, 1.165) is 12.1 Å². The third-order valence-corrected chi connectivity index (χ3v) is 3.71. The summed E-state index contributed by atoms with van der Waals surface area (Å²) in [5.41, 5.74) is 2.35. The molecule has 1 saturated heterocycles. The van der Waals surface area contributed by atoms with Gasteiger partial charge in [-0.25, -0.2) is 0 Å². The van der Waals surface area contributed by atoms with Crippen LogP contribution in [-0.4, -0.2) is 16.3 Å². The van der Waals surface area contributed by atoms with Crippen molar-refractivity contribution in [2.45, 2.75) is 31.9 Å². The van der Waals surface area contributed by atoms with Crippen molar-refractivity contribution >= 4 is 9.39 Å². The van der Waals surface area contributed by atoms with Gasteiger partial charge >= 0.3 is 0 Å². The fourth-order valence-corrected chi connectivity index (χ4v) is 2.66. The first-order valence-electron chi connectivity index (χ1n) is 5.52. The summed E-state index contributed by atoms with van der Waals surface area (Å²) in [5, 5.41) is 8.98. The largest absolute Gasteiger partial charge is 0.392 e. The second kappa shape index (κ2) is 5.07. The second-order valence-electron chi connectivity index (χ2n) is 4.15. The van der Waals surface area contributed by atoms with Crippen LogP contribution in [0.25, 0.3) is 0 Å². The molecule has 1 fully saturated rings. The lowest BCUT2D eigenvalue weighted by Crippen LogP contribution is -2.24. The number of piperidine rings is 1. The number of benzene rings is 1. The Hall–Kier alpha value is -0.430. The van der Waals surface area contributed by atoms with Crippen molar-refractivity contribution in [1.29, 1.82) is 0 Å². The fraction of sp³-hybridized carbons (Fsp3) is 0.500. The Bertz CT molecular complexity index is 312. The molecule has 1 aromatic carbocycles. The number of hydrogen-bond donors (Lipinski definition) is 1. The highest BCUT2D eigenvalue weighted by Crippen LogP contribution is 2.33. The third kappa shape index (κ3) is 2.57. The normalized spacial score (nSPS) is 22.9. The molecule has 2 nitrogen and oxygen atoms in total. The zero-order valence-corrected chi connectivity index (χ0v) is 10.0. The quantitative estimate of drug-likeness (QED) is 0.779. The van der Waals surface area contributed by atoms with Crippen LogP contribution in [-0.2, 0) is 6.61 Å². The Morgan fingerprint density at radius 2 is 2.00 bits per heavy atom. The van der Waals surface area contributed by atoms with Gasteiger partial charge in [0.15, 0.2) is 0 Å². The van der Waals surface area contributed by atoms with Crippen LogP contribution >= 0.6 is 9.39 Å².